The maximum absolute atomic E-state index is 12.9. The van der Waals surface area contributed by atoms with Crippen LogP contribution in [-0.4, -0.2) is 33.5 Å². The third-order valence-electron chi connectivity index (χ3n) is 5.84. The summed E-state index contributed by atoms with van der Waals surface area (Å²) >= 11 is 0. The highest BCUT2D eigenvalue weighted by Gasteiger charge is 2.50. The minimum absolute atomic E-state index is 0.0620. The number of fused-ring (bicyclic) bond motifs is 1. The van der Waals surface area contributed by atoms with Crippen molar-refractivity contribution < 1.29 is 9.90 Å². The highest BCUT2D eigenvalue weighted by molar-refractivity contribution is 5.92. The summed E-state index contributed by atoms with van der Waals surface area (Å²) in [6.45, 7) is 0.602. The van der Waals surface area contributed by atoms with Crippen LogP contribution in [0.15, 0.2) is 48.7 Å². The van der Waals surface area contributed by atoms with Crippen molar-refractivity contribution in [3.63, 3.8) is 0 Å². The Hall–Kier alpha value is -2.07. The number of carbonyl (C=O) groups excluding carboxylic acids is 1. The van der Waals surface area contributed by atoms with E-state index in [2.05, 4.69) is 4.98 Å². The number of hydrogen-bond donors (Lipinski definition) is 2. The average Bonchev–Trinajstić information content (AvgIpc) is 3.17. The summed E-state index contributed by atoms with van der Waals surface area (Å²) in [5.41, 5.74) is 0.817. The molecule has 2 fully saturated rings. The number of likely N-dealkylation sites (tertiary alicyclic amines) is 1. The van der Waals surface area contributed by atoms with Gasteiger partial charge in [-0.2, -0.15) is 0 Å². The van der Waals surface area contributed by atoms with E-state index in [0.717, 1.165) is 31.2 Å². The number of piperidine rings is 1. The fourth-order valence-electron chi connectivity index (χ4n) is 4.64. The third kappa shape index (κ3) is 2.46. The molecular weight excluding hydrogens is 300 g/mol. The van der Waals surface area contributed by atoms with Crippen LogP contribution < -0.4 is 0 Å². The van der Waals surface area contributed by atoms with Gasteiger partial charge in [-0.15, -0.1) is 0 Å². The number of nitrogens with zero attached hydrogens (tertiary/aromatic N) is 1. The Bertz CT molecular complexity index is 698. The second kappa shape index (κ2) is 6.10. The zero-order valence-corrected chi connectivity index (χ0v) is 13.8. The Morgan fingerprint density at radius 3 is 2.67 bits per heavy atom. The Morgan fingerprint density at radius 2 is 1.92 bits per heavy atom. The Balaban J connectivity index is 1.66. The lowest BCUT2D eigenvalue weighted by atomic mass is 9.66. The van der Waals surface area contributed by atoms with E-state index in [0.29, 0.717) is 18.7 Å². The molecule has 2 N–H and O–H groups in total. The summed E-state index contributed by atoms with van der Waals surface area (Å²) in [6.07, 6.45) is 6.60. The van der Waals surface area contributed by atoms with Crippen LogP contribution in [-0.2, 0) is 5.60 Å². The number of hydrogen-bond acceptors (Lipinski definition) is 2. The molecule has 2 aromatic rings. The lowest BCUT2D eigenvalue weighted by Crippen LogP contribution is -2.59. The molecule has 1 aromatic heterocycles. The summed E-state index contributed by atoms with van der Waals surface area (Å²) in [7, 11) is 0. The van der Waals surface area contributed by atoms with E-state index in [9.17, 15) is 9.90 Å². The van der Waals surface area contributed by atoms with Crippen molar-refractivity contribution in [3.05, 3.63) is 59.9 Å². The lowest BCUT2D eigenvalue weighted by Gasteiger charge is -2.52. The van der Waals surface area contributed by atoms with E-state index in [1.165, 1.54) is 0 Å². The summed E-state index contributed by atoms with van der Waals surface area (Å²) in [4.78, 5) is 17.9. The van der Waals surface area contributed by atoms with Crippen molar-refractivity contribution in [2.24, 2.45) is 5.92 Å². The number of aromatic nitrogens is 1. The van der Waals surface area contributed by atoms with Gasteiger partial charge in [0.25, 0.3) is 5.91 Å². The summed E-state index contributed by atoms with van der Waals surface area (Å²) in [5, 5.41) is 11.5. The Labute approximate surface area is 142 Å². The highest BCUT2D eigenvalue weighted by Crippen LogP contribution is 2.47. The van der Waals surface area contributed by atoms with Crippen molar-refractivity contribution in [1.82, 2.24) is 9.88 Å². The van der Waals surface area contributed by atoms with E-state index < -0.39 is 5.60 Å². The number of aromatic amines is 1. The molecule has 4 nitrogen and oxygen atoms in total. The number of nitrogens with one attached hydrogen (secondary N) is 1. The summed E-state index contributed by atoms with van der Waals surface area (Å²) in [5.74, 6) is 0.174. The summed E-state index contributed by atoms with van der Waals surface area (Å²) < 4.78 is 0. The molecule has 4 rings (SSSR count). The summed E-state index contributed by atoms with van der Waals surface area (Å²) in [6, 6.07) is 13.8. The number of H-pyrrole nitrogens is 1. The maximum atomic E-state index is 12.9. The minimum Gasteiger partial charge on any atom is -0.385 e. The fourth-order valence-corrected chi connectivity index (χ4v) is 4.64. The first-order valence-corrected chi connectivity index (χ1v) is 8.92. The van der Waals surface area contributed by atoms with Gasteiger partial charge in [0, 0.05) is 24.7 Å². The van der Waals surface area contributed by atoms with Crippen LogP contribution in [0.4, 0.5) is 0 Å². The van der Waals surface area contributed by atoms with Gasteiger partial charge in [0.2, 0.25) is 0 Å². The van der Waals surface area contributed by atoms with Crippen molar-refractivity contribution in [2.75, 3.05) is 6.54 Å². The molecule has 24 heavy (non-hydrogen) atoms. The van der Waals surface area contributed by atoms with Gasteiger partial charge in [0.05, 0.1) is 5.60 Å². The first-order valence-electron chi connectivity index (χ1n) is 8.92. The van der Waals surface area contributed by atoms with E-state index >= 15 is 0 Å². The van der Waals surface area contributed by atoms with Crippen LogP contribution in [0.1, 0.15) is 48.2 Å². The molecule has 4 heteroatoms. The quantitative estimate of drug-likeness (QED) is 0.890. The van der Waals surface area contributed by atoms with Gasteiger partial charge in [-0.1, -0.05) is 43.2 Å². The molecule has 0 radical (unpaired) electrons. The van der Waals surface area contributed by atoms with Crippen LogP contribution in [0.25, 0.3) is 0 Å². The van der Waals surface area contributed by atoms with Gasteiger partial charge in [-0.3, -0.25) is 4.79 Å². The first kappa shape index (κ1) is 15.5. The molecule has 2 heterocycles. The second-order valence-electron chi connectivity index (χ2n) is 7.08. The number of amides is 1. The van der Waals surface area contributed by atoms with Crippen LogP contribution in [0.5, 0.6) is 0 Å². The van der Waals surface area contributed by atoms with Crippen LogP contribution in [0.3, 0.4) is 0 Å². The van der Waals surface area contributed by atoms with Gasteiger partial charge in [0.15, 0.2) is 0 Å². The molecule has 1 amide bonds. The van der Waals surface area contributed by atoms with Gasteiger partial charge >= 0.3 is 0 Å². The second-order valence-corrected chi connectivity index (χ2v) is 7.08. The zero-order chi connectivity index (χ0) is 16.6. The monoisotopic (exact) mass is 324 g/mol. The Morgan fingerprint density at radius 1 is 1.12 bits per heavy atom. The minimum atomic E-state index is -0.821. The van der Waals surface area contributed by atoms with Crippen molar-refractivity contribution in [1.29, 1.82) is 0 Å². The molecule has 1 aliphatic carbocycles. The van der Waals surface area contributed by atoms with Gasteiger partial charge in [-0.05, 0) is 37.0 Å². The molecule has 0 unspecified atom stereocenters. The number of carbonyl (C=O) groups is 1. The van der Waals surface area contributed by atoms with Crippen molar-refractivity contribution in [3.8, 4) is 0 Å². The van der Waals surface area contributed by atoms with Gasteiger partial charge in [-0.25, -0.2) is 0 Å². The van der Waals surface area contributed by atoms with Crippen molar-refractivity contribution >= 4 is 5.91 Å². The van der Waals surface area contributed by atoms with Crippen LogP contribution in [0, 0.1) is 5.92 Å². The van der Waals surface area contributed by atoms with Gasteiger partial charge < -0.3 is 15.0 Å². The van der Waals surface area contributed by atoms with Crippen LogP contribution >= 0.6 is 0 Å². The highest BCUT2D eigenvalue weighted by atomic mass is 16.3. The van der Waals surface area contributed by atoms with E-state index in [-0.39, 0.29) is 17.9 Å². The molecule has 2 aliphatic rings. The molecule has 126 valence electrons. The smallest absolute Gasteiger partial charge is 0.270 e. The van der Waals surface area contributed by atoms with E-state index in [4.69, 9.17) is 0 Å². The topological polar surface area (TPSA) is 56.3 Å². The molecule has 3 atom stereocenters. The number of aliphatic hydroxyl groups is 1. The van der Waals surface area contributed by atoms with E-state index in [1.54, 1.807) is 6.20 Å². The first-order chi connectivity index (χ1) is 11.7. The molecular formula is C20H24N2O2. The fraction of sp³-hybridized carbons (Fsp3) is 0.450. The third-order valence-corrected chi connectivity index (χ3v) is 5.84. The Kier molecular flexibility index (Phi) is 3.93. The number of benzene rings is 1. The normalized spacial score (nSPS) is 30.0. The standard InChI is InChI=1S/C20H24N2O2/c23-19(17-10-6-13-21-17)22-14-12-20(24,15-7-2-1-3-8-15)16-9-4-5-11-18(16)22/h1-3,6-8,10,13,16,18,21,24H,4-5,9,11-12,14H2/t16-,18-,20+/m0/s1. The maximum Gasteiger partial charge on any atom is 0.270 e. The lowest BCUT2D eigenvalue weighted by molar-refractivity contribution is -0.110. The molecule has 1 saturated heterocycles. The SMILES string of the molecule is O=C(c1ccc[nH]1)N1CC[C@@](O)(c2ccccc2)[C@H]2CCCC[C@@H]21. The predicted octanol–water partition coefficient (Wildman–Crippen LogP) is 3.31. The van der Waals surface area contributed by atoms with Gasteiger partial charge in [0.1, 0.15) is 5.69 Å². The molecule has 0 spiro atoms. The molecule has 1 saturated carbocycles. The average molecular weight is 324 g/mol. The largest absolute Gasteiger partial charge is 0.385 e. The van der Waals surface area contributed by atoms with E-state index in [1.807, 2.05) is 47.4 Å². The van der Waals surface area contributed by atoms with Crippen LogP contribution in [0.2, 0.25) is 0 Å². The zero-order valence-electron chi connectivity index (χ0n) is 13.8. The molecule has 1 aromatic carbocycles. The number of rotatable bonds is 2. The molecule has 0 bridgehead atoms. The van der Waals surface area contributed by atoms with Crippen molar-refractivity contribution in [2.45, 2.75) is 43.7 Å². The molecule has 1 aliphatic heterocycles. The predicted molar refractivity (Wildman–Crippen MR) is 92.5 cm³/mol.